The summed E-state index contributed by atoms with van der Waals surface area (Å²) >= 11 is 6.31. The van der Waals surface area contributed by atoms with Gasteiger partial charge in [-0.05, 0) is 19.3 Å². The van der Waals surface area contributed by atoms with Gasteiger partial charge in [0, 0.05) is 24.1 Å². The molecule has 0 saturated carbocycles. The SMILES string of the molecule is CCCCO[SiH](OCCCC)C(C)C(Cl)CC. The third kappa shape index (κ3) is 8.19. The van der Waals surface area contributed by atoms with E-state index < -0.39 is 9.28 Å². The lowest BCUT2D eigenvalue weighted by molar-refractivity contribution is 0.183. The Morgan fingerprint density at radius 2 is 1.47 bits per heavy atom. The molecule has 2 atom stereocenters. The Kier molecular flexibility index (Phi) is 11.8. The van der Waals surface area contributed by atoms with E-state index in [4.69, 9.17) is 20.5 Å². The average Bonchev–Trinajstić information content (AvgIpc) is 2.35. The quantitative estimate of drug-likeness (QED) is 0.320. The van der Waals surface area contributed by atoms with Crippen molar-refractivity contribution < 1.29 is 8.85 Å². The van der Waals surface area contributed by atoms with Crippen molar-refractivity contribution in [3.05, 3.63) is 0 Å². The first kappa shape index (κ1) is 17.4. The zero-order valence-electron chi connectivity index (χ0n) is 11.9. The molecule has 0 aliphatic carbocycles. The van der Waals surface area contributed by atoms with Crippen LogP contribution >= 0.6 is 11.6 Å². The van der Waals surface area contributed by atoms with Crippen LogP contribution in [0, 0.1) is 0 Å². The topological polar surface area (TPSA) is 18.5 Å². The van der Waals surface area contributed by atoms with Crippen molar-refractivity contribution in [1.82, 2.24) is 0 Å². The van der Waals surface area contributed by atoms with Crippen LogP contribution in [0.3, 0.4) is 0 Å². The lowest BCUT2D eigenvalue weighted by atomic mass is 10.3. The second kappa shape index (κ2) is 11.5. The van der Waals surface area contributed by atoms with Gasteiger partial charge in [0.15, 0.2) is 0 Å². The highest BCUT2D eigenvalue weighted by Crippen LogP contribution is 2.24. The molecule has 4 heteroatoms. The fraction of sp³-hybridized carbons (Fsp3) is 1.00. The molecule has 0 aromatic rings. The molecule has 0 heterocycles. The summed E-state index contributed by atoms with van der Waals surface area (Å²) in [5.41, 5.74) is 0.385. The molecule has 104 valence electrons. The number of hydrogen-bond acceptors (Lipinski definition) is 2. The van der Waals surface area contributed by atoms with Gasteiger partial charge in [-0.1, -0.05) is 40.5 Å². The zero-order chi connectivity index (χ0) is 13.1. The fourth-order valence-corrected chi connectivity index (χ4v) is 4.05. The van der Waals surface area contributed by atoms with Crippen LogP contribution in [0.25, 0.3) is 0 Å². The molecule has 0 rings (SSSR count). The molecular formula is C13H29ClO2Si. The van der Waals surface area contributed by atoms with Gasteiger partial charge in [0.05, 0.1) is 0 Å². The van der Waals surface area contributed by atoms with Crippen molar-refractivity contribution in [1.29, 1.82) is 0 Å². The third-order valence-electron chi connectivity index (χ3n) is 2.95. The molecule has 2 unspecified atom stereocenters. The van der Waals surface area contributed by atoms with E-state index in [0.717, 1.165) is 32.5 Å². The number of halogens is 1. The minimum Gasteiger partial charge on any atom is -0.396 e. The smallest absolute Gasteiger partial charge is 0.325 e. The minimum absolute atomic E-state index is 0.190. The summed E-state index contributed by atoms with van der Waals surface area (Å²) in [6.45, 7) is 10.3. The minimum atomic E-state index is -1.60. The van der Waals surface area contributed by atoms with Crippen LogP contribution in [-0.4, -0.2) is 27.9 Å². The number of rotatable bonds is 11. The summed E-state index contributed by atoms with van der Waals surface area (Å²) in [6.07, 6.45) is 5.56. The summed E-state index contributed by atoms with van der Waals surface area (Å²) < 4.78 is 11.9. The van der Waals surface area contributed by atoms with Crippen LogP contribution in [0.5, 0.6) is 0 Å². The van der Waals surface area contributed by atoms with Crippen molar-refractivity contribution in [2.45, 2.75) is 70.7 Å². The number of alkyl halides is 1. The van der Waals surface area contributed by atoms with Gasteiger partial charge in [0.2, 0.25) is 0 Å². The monoisotopic (exact) mass is 280 g/mol. The molecule has 0 aliphatic heterocycles. The van der Waals surface area contributed by atoms with Crippen LogP contribution in [0.4, 0.5) is 0 Å². The van der Waals surface area contributed by atoms with E-state index in [9.17, 15) is 0 Å². The summed E-state index contributed by atoms with van der Waals surface area (Å²) in [7, 11) is -1.60. The predicted molar refractivity (Wildman–Crippen MR) is 78.2 cm³/mol. The van der Waals surface area contributed by atoms with E-state index in [0.29, 0.717) is 5.54 Å². The first-order chi connectivity index (χ1) is 8.17. The van der Waals surface area contributed by atoms with Gasteiger partial charge >= 0.3 is 9.28 Å². The summed E-state index contributed by atoms with van der Waals surface area (Å²) in [4.78, 5) is 0. The second-order valence-electron chi connectivity index (χ2n) is 4.60. The van der Waals surface area contributed by atoms with E-state index in [-0.39, 0.29) is 5.38 Å². The van der Waals surface area contributed by atoms with E-state index in [1.54, 1.807) is 0 Å². The van der Waals surface area contributed by atoms with Crippen LogP contribution in [0.15, 0.2) is 0 Å². The Hall–Kier alpha value is 0.427. The normalized spacial score (nSPS) is 15.2. The van der Waals surface area contributed by atoms with Crippen molar-refractivity contribution in [2.24, 2.45) is 0 Å². The van der Waals surface area contributed by atoms with Crippen LogP contribution in [0.2, 0.25) is 5.54 Å². The standard InChI is InChI=1S/C13H29ClO2Si/c1-5-8-10-15-17(16-11-9-6-2)12(4)13(14)7-3/h12-13,17H,5-11H2,1-4H3. The van der Waals surface area contributed by atoms with Crippen LogP contribution < -0.4 is 0 Å². The fourth-order valence-electron chi connectivity index (χ4n) is 1.58. The highest BCUT2D eigenvalue weighted by Gasteiger charge is 2.27. The van der Waals surface area contributed by atoms with E-state index in [2.05, 4.69) is 27.7 Å². The first-order valence-electron chi connectivity index (χ1n) is 7.04. The molecular weight excluding hydrogens is 252 g/mol. The van der Waals surface area contributed by atoms with E-state index in [1.165, 1.54) is 12.8 Å². The highest BCUT2D eigenvalue weighted by molar-refractivity contribution is 6.48. The molecule has 17 heavy (non-hydrogen) atoms. The van der Waals surface area contributed by atoms with Crippen molar-refractivity contribution in [2.75, 3.05) is 13.2 Å². The Morgan fingerprint density at radius 1 is 1.00 bits per heavy atom. The predicted octanol–water partition coefficient (Wildman–Crippen LogP) is 4.25. The molecule has 0 spiro atoms. The molecule has 0 aliphatic rings. The molecule has 0 aromatic carbocycles. The molecule has 0 fully saturated rings. The van der Waals surface area contributed by atoms with E-state index >= 15 is 0 Å². The molecule has 0 radical (unpaired) electrons. The maximum atomic E-state index is 6.31. The van der Waals surface area contributed by atoms with Crippen molar-refractivity contribution in [3.63, 3.8) is 0 Å². The molecule has 0 amide bonds. The highest BCUT2D eigenvalue weighted by atomic mass is 35.5. The molecule has 0 bridgehead atoms. The number of unbranched alkanes of at least 4 members (excludes halogenated alkanes) is 2. The maximum Gasteiger partial charge on any atom is 0.325 e. The van der Waals surface area contributed by atoms with Gasteiger partial charge in [-0.25, -0.2) is 0 Å². The van der Waals surface area contributed by atoms with Gasteiger partial charge in [0.25, 0.3) is 0 Å². The lowest BCUT2D eigenvalue weighted by Crippen LogP contribution is -2.33. The lowest BCUT2D eigenvalue weighted by Gasteiger charge is -2.25. The molecule has 2 nitrogen and oxygen atoms in total. The van der Waals surface area contributed by atoms with Crippen molar-refractivity contribution in [3.8, 4) is 0 Å². The maximum absolute atomic E-state index is 6.31. The van der Waals surface area contributed by atoms with Gasteiger partial charge in [-0.3, -0.25) is 0 Å². The third-order valence-corrected chi connectivity index (χ3v) is 6.35. The van der Waals surface area contributed by atoms with Gasteiger partial charge in [-0.15, -0.1) is 11.6 Å². The van der Waals surface area contributed by atoms with Gasteiger partial charge in [-0.2, -0.15) is 0 Å². The molecule has 0 aromatic heterocycles. The Labute approximate surface area is 114 Å². The first-order valence-corrected chi connectivity index (χ1v) is 9.09. The van der Waals surface area contributed by atoms with Gasteiger partial charge in [0.1, 0.15) is 0 Å². The summed E-state index contributed by atoms with van der Waals surface area (Å²) in [5, 5.41) is 0.190. The zero-order valence-corrected chi connectivity index (χ0v) is 13.8. The molecule has 0 N–H and O–H groups in total. The number of hydrogen-bond donors (Lipinski definition) is 0. The summed E-state index contributed by atoms with van der Waals surface area (Å²) in [6, 6.07) is 0. The molecule has 0 saturated heterocycles. The average molecular weight is 281 g/mol. The van der Waals surface area contributed by atoms with Crippen LogP contribution in [-0.2, 0) is 8.85 Å². The van der Waals surface area contributed by atoms with Crippen LogP contribution in [0.1, 0.15) is 59.8 Å². The van der Waals surface area contributed by atoms with Gasteiger partial charge < -0.3 is 8.85 Å². The summed E-state index contributed by atoms with van der Waals surface area (Å²) in [5.74, 6) is 0. The second-order valence-corrected chi connectivity index (χ2v) is 7.62. The van der Waals surface area contributed by atoms with Crippen molar-refractivity contribution >= 4 is 20.9 Å². The van der Waals surface area contributed by atoms with E-state index in [1.807, 2.05) is 0 Å². The largest absolute Gasteiger partial charge is 0.396 e. The Bertz CT molecular complexity index is 159. The Morgan fingerprint density at radius 3 is 1.82 bits per heavy atom. The Balaban J connectivity index is 4.07.